The number of thioether (sulfide) groups is 1. The van der Waals surface area contributed by atoms with Gasteiger partial charge in [0.25, 0.3) is 0 Å². The largest absolute Gasteiger partial charge is 0.369 e. The van der Waals surface area contributed by atoms with Crippen LogP contribution in [0.3, 0.4) is 0 Å². The minimum Gasteiger partial charge on any atom is -0.369 e. The fraction of sp³-hybridized carbons (Fsp3) is 0.833. The van der Waals surface area contributed by atoms with Gasteiger partial charge in [-0.05, 0) is 31.1 Å². The van der Waals surface area contributed by atoms with Crippen molar-refractivity contribution in [2.24, 2.45) is 23.3 Å². The Bertz CT molecular complexity index is 299. The smallest absolute Gasteiger partial charge is 0.232 e. The quantitative estimate of drug-likeness (QED) is 0.715. The fourth-order valence-electron chi connectivity index (χ4n) is 1.94. The average Bonchev–Trinajstić information content (AvgIpc) is 2.38. The molecule has 0 radical (unpaired) electrons. The number of carbonyl (C=O) groups is 2. The molecule has 1 saturated heterocycles. The molecule has 1 rings (SSSR count). The van der Waals surface area contributed by atoms with E-state index in [9.17, 15) is 9.59 Å². The Labute approximate surface area is 113 Å². The molecule has 0 aromatic carbocycles. The number of hydrogen-bond donors (Lipinski definition) is 2. The predicted molar refractivity (Wildman–Crippen MR) is 74.0 cm³/mol. The van der Waals surface area contributed by atoms with Crippen molar-refractivity contribution in [1.82, 2.24) is 4.90 Å². The topological polar surface area (TPSA) is 89.4 Å². The summed E-state index contributed by atoms with van der Waals surface area (Å²) in [5, 5.41) is 0. The van der Waals surface area contributed by atoms with Gasteiger partial charge in [-0.3, -0.25) is 9.59 Å². The molecule has 4 N–H and O–H groups in total. The molecule has 1 aliphatic rings. The van der Waals surface area contributed by atoms with Gasteiger partial charge >= 0.3 is 0 Å². The van der Waals surface area contributed by atoms with Gasteiger partial charge in [-0.25, -0.2) is 0 Å². The lowest BCUT2D eigenvalue weighted by atomic mass is 9.97. The highest BCUT2D eigenvalue weighted by atomic mass is 32.2. The van der Waals surface area contributed by atoms with E-state index in [2.05, 4.69) is 6.92 Å². The summed E-state index contributed by atoms with van der Waals surface area (Å²) < 4.78 is 0. The minimum absolute atomic E-state index is 0.107. The van der Waals surface area contributed by atoms with Crippen LogP contribution in [0.1, 0.15) is 19.8 Å². The van der Waals surface area contributed by atoms with Crippen LogP contribution in [0, 0.1) is 11.8 Å². The van der Waals surface area contributed by atoms with E-state index >= 15 is 0 Å². The van der Waals surface area contributed by atoms with Crippen LogP contribution in [0.25, 0.3) is 0 Å². The van der Waals surface area contributed by atoms with Gasteiger partial charge in [0.1, 0.15) is 0 Å². The zero-order valence-corrected chi connectivity index (χ0v) is 11.7. The van der Waals surface area contributed by atoms with Crippen molar-refractivity contribution in [2.75, 3.05) is 31.1 Å². The zero-order valence-electron chi connectivity index (χ0n) is 10.9. The van der Waals surface area contributed by atoms with Crippen molar-refractivity contribution >= 4 is 23.6 Å². The van der Waals surface area contributed by atoms with Gasteiger partial charge in [-0.2, -0.15) is 11.8 Å². The van der Waals surface area contributed by atoms with Crippen molar-refractivity contribution in [2.45, 2.75) is 19.8 Å². The second-order valence-electron chi connectivity index (χ2n) is 4.94. The van der Waals surface area contributed by atoms with Gasteiger partial charge in [-0.1, -0.05) is 6.92 Å². The predicted octanol–water partition coefficient (Wildman–Crippen LogP) is 0.0383. The molecule has 1 aliphatic heterocycles. The number of rotatable bonds is 6. The van der Waals surface area contributed by atoms with Crippen LogP contribution in [-0.4, -0.2) is 47.9 Å². The zero-order chi connectivity index (χ0) is 13.5. The summed E-state index contributed by atoms with van der Waals surface area (Å²) in [7, 11) is 0. The number of amides is 2. The van der Waals surface area contributed by atoms with Crippen molar-refractivity contribution in [3.8, 4) is 0 Å². The molecule has 0 spiro atoms. The lowest BCUT2D eigenvalue weighted by Gasteiger charge is -2.31. The van der Waals surface area contributed by atoms with Crippen molar-refractivity contribution in [1.29, 1.82) is 0 Å². The van der Waals surface area contributed by atoms with Crippen LogP contribution in [0.5, 0.6) is 0 Å². The second-order valence-corrected chi connectivity index (χ2v) is 5.97. The minimum atomic E-state index is -0.295. The molecule has 0 saturated carbocycles. The summed E-state index contributed by atoms with van der Waals surface area (Å²) in [5.41, 5.74) is 10.8. The number of carbonyl (C=O) groups excluding carboxylic acids is 2. The summed E-state index contributed by atoms with van der Waals surface area (Å²) in [5.74, 6) is 1.44. The molecule has 1 heterocycles. The lowest BCUT2D eigenvalue weighted by Crippen LogP contribution is -2.44. The SMILES string of the molecule is CC(CN)CSCC(=O)N1CCCC(C(N)=O)C1. The fourth-order valence-corrected chi connectivity index (χ4v) is 2.96. The van der Waals surface area contributed by atoms with E-state index in [4.69, 9.17) is 11.5 Å². The molecule has 0 bridgehead atoms. The molecule has 6 heteroatoms. The number of likely N-dealkylation sites (tertiary alicyclic amines) is 1. The third kappa shape index (κ3) is 4.86. The van der Waals surface area contributed by atoms with Crippen LogP contribution in [0.2, 0.25) is 0 Å². The summed E-state index contributed by atoms with van der Waals surface area (Å²) in [6.07, 6.45) is 1.67. The Kier molecular flexibility index (Phi) is 6.49. The summed E-state index contributed by atoms with van der Waals surface area (Å²) in [6.45, 7) is 3.95. The number of primary amides is 1. The van der Waals surface area contributed by atoms with Crippen LogP contribution in [-0.2, 0) is 9.59 Å². The Morgan fingerprint density at radius 1 is 1.50 bits per heavy atom. The Hall–Kier alpha value is -0.750. The highest BCUT2D eigenvalue weighted by Gasteiger charge is 2.26. The molecule has 1 fully saturated rings. The van der Waals surface area contributed by atoms with Crippen molar-refractivity contribution < 1.29 is 9.59 Å². The molecule has 2 unspecified atom stereocenters. The number of piperidine rings is 1. The van der Waals surface area contributed by atoms with E-state index in [1.165, 1.54) is 0 Å². The summed E-state index contributed by atoms with van der Waals surface area (Å²) in [4.78, 5) is 24.9. The number of hydrogen-bond acceptors (Lipinski definition) is 4. The highest BCUT2D eigenvalue weighted by molar-refractivity contribution is 7.99. The van der Waals surface area contributed by atoms with E-state index in [0.717, 1.165) is 25.1 Å². The Morgan fingerprint density at radius 2 is 2.22 bits per heavy atom. The molecule has 18 heavy (non-hydrogen) atoms. The first-order valence-electron chi connectivity index (χ1n) is 6.39. The molecular formula is C12H23N3O2S. The first-order valence-corrected chi connectivity index (χ1v) is 7.55. The highest BCUT2D eigenvalue weighted by Crippen LogP contribution is 2.17. The van der Waals surface area contributed by atoms with Gasteiger partial charge in [-0.15, -0.1) is 0 Å². The molecule has 0 aliphatic carbocycles. The maximum Gasteiger partial charge on any atom is 0.232 e. The number of nitrogens with zero attached hydrogens (tertiary/aromatic N) is 1. The normalized spacial score (nSPS) is 21.7. The lowest BCUT2D eigenvalue weighted by molar-refractivity contribution is -0.132. The molecule has 2 amide bonds. The summed E-state index contributed by atoms with van der Waals surface area (Å²) >= 11 is 1.61. The Morgan fingerprint density at radius 3 is 2.83 bits per heavy atom. The number of nitrogens with two attached hydrogens (primary N) is 2. The second kappa shape index (κ2) is 7.63. The maximum atomic E-state index is 12.0. The molecule has 0 aromatic rings. The van der Waals surface area contributed by atoms with Gasteiger partial charge in [0, 0.05) is 13.1 Å². The van der Waals surface area contributed by atoms with Crippen LogP contribution in [0.15, 0.2) is 0 Å². The monoisotopic (exact) mass is 273 g/mol. The maximum absolute atomic E-state index is 12.0. The van der Waals surface area contributed by atoms with E-state index in [1.807, 2.05) is 0 Å². The Balaban J connectivity index is 2.30. The van der Waals surface area contributed by atoms with E-state index in [1.54, 1.807) is 16.7 Å². The van der Waals surface area contributed by atoms with Gasteiger partial charge < -0.3 is 16.4 Å². The molecule has 2 atom stereocenters. The van der Waals surface area contributed by atoms with Gasteiger partial charge in [0.05, 0.1) is 11.7 Å². The first kappa shape index (κ1) is 15.3. The third-order valence-corrected chi connectivity index (χ3v) is 4.46. The molecule has 104 valence electrons. The van der Waals surface area contributed by atoms with Crippen molar-refractivity contribution in [3.05, 3.63) is 0 Å². The van der Waals surface area contributed by atoms with E-state index < -0.39 is 0 Å². The average molecular weight is 273 g/mol. The van der Waals surface area contributed by atoms with Crippen LogP contribution >= 0.6 is 11.8 Å². The molecule has 5 nitrogen and oxygen atoms in total. The van der Waals surface area contributed by atoms with Gasteiger partial charge in [0.15, 0.2) is 0 Å². The van der Waals surface area contributed by atoms with E-state index in [-0.39, 0.29) is 17.7 Å². The first-order chi connectivity index (χ1) is 8.54. The van der Waals surface area contributed by atoms with Gasteiger partial charge in [0.2, 0.25) is 11.8 Å². The molecule has 0 aromatic heterocycles. The van der Waals surface area contributed by atoms with E-state index in [0.29, 0.717) is 24.8 Å². The standard InChI is InChI=1S/C12H23N3O2S/c1-9(5-13)7-18-8-11(16)15-4-2-3-10(6-15)12(14)17/h9-10H,2-8,13H2,1H3,(H2,14,17). The molecular weight excluding hydrogens is 250 g/mol. The third-order valence-electron chi connectivity index (χ3n) is 3.21. The van der Waals surface area contributed by atoms with Crippen LogP contribution in [0.4, 0.5) is 0 Å². The summed E-state index contributed by atoms with van der Waals surface area (Å²) in [6, 6.07) is 0. The van der Waals surface area contributed by atoms with Crippen molar-refractivity contribution in [3.63, 3.8) is 0 Å². The van der Waals surface area contributed by atoms with Crippen LogP contribution < -0.4 is 11.5 Å².